The summed E-state index contributed by atoms with van der Waals surface area (Å²) in [5.41, 5.74) is 0.628. The van der Waals surface area contributed by atoms with Crippen molar-refractivity contribution in [3.63, 3.8) is 0 Å². The number of halogens is 3. The van der Waals surface area contributed by atoms with E-state index in [2.05, 4.69) is 5.32 Å². The molecule has 1 heterocycles. The Kier molecular flexibility index (Phi) is 5.64. The lowest BCUT2D eigenvalue weighted by molar-refractivity contribution is -0.117. The second-order valence-corrected chi connectivity index (χ2v) is 5.87. The molecule has 6 heteroatoms. The maximum Gasteiger partial charge on any atom is 0.238 e. The van der Waals surface area contributed by atoms with Gasteiger partial charge in [-0.2, -0.15) is 0 Å². The van der Waals surface area contributed by atoms with Gasteiger partial charge in [0.05, 0.1) is 23.3 Å². The fraction of sp³-hybridized carbons (Fsp3) is 0.500. The van der Waals surface area contributed by atoms with Crippen LogP contribution in [0.25, 0.3) is 0 Å². The second kappa shape index (κ2) is 7.25. The third-order valence-electron chi connectivity index (χ3n) is 3.50. The highest BCUT2D eigenvalue weighted by Gasteiger charge is 2.20. The summed E-state index contributed by atoms with van der Waals surface area (Å²) in [6, 6.07) is 4.98. The van der Waals surface area contributed by atoms with E-state index >= 15 is 0 Å². The van der Waals surface area contributed by atoms with Gasteiger partial charge in [0.25, 0.3) is 0 Å². The lowest BCUT2D eigenvalue weighted by atomic mass is 9.98. The van der Waals surface area contributed by atoms with Crippen molar-refractivity contribution in [2.75, 3.05) is 31.6 Å². The van der Waals surface area contributed by atoms with Crippen molar-refractivity contribution in [1.82, 2.24) is 4.90 Å². The van der Waals surface area contributed by atoms with Crippen LogP contribution in [0.3, 0.4) is 0 Å². The Morgan fingerprint density at radius 3 is 2.60 bits per heavy atom. The summed E-state index contributed by atoms with van der Waals surface area (Å²) in [5, 5.41) is 3.65. The zero-order valence-electron chi connectivity index (χ0n) is 11.0. The largest absolute Gasteiger partial charge is 0.325 e. The van der Waals surface area contributed by atoms with E-state index in [4.69, 9.17) is 23.2 Å². The maximum atomic E-state index is 12.5. The molecule has 0 unspecified atom stereocenters. The lowest BCUT2D eigenvalue weighted by Gasteiger charge is -2.30. The molecule has 0 atom stereocenters. The normalized spacial score (nSPS) is 17.1. The van der Waals surface area contributed by atoms with Gasteiger partial charge in [0.2, 0.25) is 5.91 Å². The number of benzene rings is 1. The van der Waals surface area contributed by atoms with Crippen LogP contribution in [-0.4, -0.2) is 37.1 Å². The van der Waals surface area contributed by atoms with Crippen molar-refractivity contribution in [1.29, 1.82) is 0 Å². The van der Waals surface area contributed by atoms with Crippen LogP contribution < -0.4 is 5.32 Å². The fourth-order valence-corrected chi connectivity index (χ4v) is 2.57. The molecule has 1 amide bonds. The topological polar surface area (TPSA) is 32.3 Å². The zero-order chi connectivity index (χ0) is 14.5. The van der Waals surface area contributed by atoms with Crippen molar-refractivity contribution < 1.29 is 9.18 Å². The van der Waals surface area contributed by atoms with E-state index in [-0.39, 0.29) is 18.5 Å². The maximum absolute atomic E-state index is 12.5. The smallest absolute Gasteiger partial charge is 0.238 e. The number of alkyl halides is 1. The third-order valence-corrected chi connectivity index (χ3v) is 4.23. The van der Waals surface area contributed by atoms with Gasteiger partial charge in [0, 0.05) is 5.69 Å². The Hall–Kier alpha value is -0.840. The van der Waals surface area contributed by atoms with Crippen molar-refractivity contribution in [2.24, 2.45) is 5.92 Å². The minimum atomic E-state index is -0.261. The molecule has 1 fully saturated rings. The van der Waals surface area contributed by atoms with Crippen LogP contribution in [0.4, 0.5) is 10.1 Å². The third kappa shape index (κ3) is 4.33. The first-order chi connectivity index (χ1) is 9.58. The van der Waals surface area contributed by atoms with E-state index in [1.54, 1.807) is 18.2 Å². The molecular weight excluding hydrogens is 302 g/mol. The fourth-order valence-electron chi connectivity index (χ4n) is 2.28. The van der Waals surface area contributed by atoms with Crippen LogP contribution in [0, 0.1) is 5.92 Å². The van der Waals surface area contributed by atoms with Crippen LogP contribution in [0.15, 0.2) is 18.2 Å². The Balaban J connectivity index is 1.82. The number of carbonyl (C=O) groups excluding carboxylic acids is 1. The average Bonchev–Trinajstić information content (AvgIpc) is 2.44. The number of amides is 1. The predicted octanol–water partition coefficient (Wildman–Crippen LogP) is 3.61. The number of likely N-dealkylation sites (tertiary alicyclic amines) is 1. The van der Waals surface area contributed by atoms with Crippen molar-refractivity contribution in [3.05, 3.63) is 28.2 Å². The van der Waals surface area contributed by atoms with Gasteiger partial charge in [-0.25, -0.2) is 0 Å². The molecule has 0 aliphatic carbocycles. The molecule has 0 saturated carbocycles. The van der Waals surface area contributed by atoms with E-state index in [1.165, 1.54) is 0 Å². The van der Waals surface area contributed by atoms with Gasteiger partial charge in [-0.15, -0.1) is 0 Å². The number of nitrogens with one attached hydrogen (secondary N) is 1. The minimum Gasteiger partial charge on any atom is -0.325 e. The first-order valence-corrected chi connectivity index (χ1v) is 7.37. The highest BCUT2D eigenvalue weighted by Crippen LogP contribution is 2.25. The number of carbonyl (C=O) groups is 1. The van der Waals surface area contributed by atoms with E-state index < -0.39 is 0 Å². The summed E-state index contributed by atoms with van der Waals surface area (Å²) >= 11 is 11.7. The molecule has 110 valence electrons. The SMILES string of the molecule is O=C(CN1CCC(CF)CC1)Nc1ccc(Cl)c(Cl)c1. The zero-order valence-corrected chi connectivity index (χ0v) is 12.6. The van der Waals surface area contributed by atoms with Crippen molar-refractivity contribution >= 4 is 34.8 Å². The Morgan fingerprint density at radius 2 is 2.00 bits per heavy atom. The summed E-state index contributed by atoms with van der Waals surface area (Å²) in [7, 11) is 0. The molecule has 20 heavy (non-hydrogen) atoms. The van der Waals surface area contributed by atoms with E-state index in [1.807, 2.05) is 4.90 Å². The Labute approximate surface area is 128 Å². The van der Waals surface area contributed by atoms with Crippen LogP contribution in [0.5, 0.6) is 0 Å². The van der Waals surface area contributed by atoms with E-state index in [0.717, 1.165) is 25.9 Å². The summed E-state index contributed by atoms with van der Waals surface area (Å²) < 4.78 is 12.5. The van der Waals surface area contributed by atoms with Gasteiger partial charge in [-0.05, 0) is 50.0 Å². The van der Waals surface area contributed by atoms with Gasteiger partial charge >= 0.3 is 0 Å². The van der Waals surface area contributed by atoms with Gasteiger partial charge < -0.3 is 5.32 Å². The van der Waals surface area contributed by atoms with Crippen molar-refractivity contribution in [3.8, 4) is 0 Å². The number of hydrogen-bond acceptors (Lipinski definition) is 2. The second-order valence-electron chi connectivity index (χ2n) is 5.05. The van der Waals surface area contributed by atoms with Crippen LogP contribution in [0.1, 0.15) is 12.8 Å². The number of nitrogens with zero attached hydrogens (tertiary/aromatic N) is 1. The highest BCUT2D eigenvalue weighted by molar-refractivity contribution is 6.42. The highest BCUT2D eigenvalue weighted by atomic mass is 35.5. The minimum absolute atomic E-state index is 0.0953. The number of hydrogen-bond donors (Lipinski definition) is 1. The average molecular weight is 319 g/mol. The molecule has 0 radical (unpaired) electrons. The van der Waals surface area contributed by atoms with Gasteiger partial charge in [-0.1, -0.05) is 23.2 Å². The number of piperidine rings is 1. The molecule has 1 saturated heterocycles. The summed E-state index contributed by atoms with van der Waals surface area (Å²) in [5.74, 6) is 0.0615. The molecule has 3 nitrogen and oxygen atoms in total. The Morgan fingerprint density at radius 1 is 1.30 bits per heavy atom. The molecular formula is C14H17Cl2FN2O. The summed E-state index contributed by atoms with van der Waals surface area (Å²) in [6.07, 6.45) is 1.63. The van der Waals surface area contributed by atoms with Crippen molar-refractivity contribution in [2.45, 2.75) is 12.8 Å². The van der Waals surface area contributed by atoms with E-state index in [0.29, 0.717) is 22.3 Å². The number of anilines is 1. The molecule has 0 aromatic heterocycles. The first-order valence-electron chi connectivity index (χ1n) is 6.61. The molecule has 1 aliphatic heterocycles. The molecule has 1 aliphatic rings. The quantitative estimate of drug-likeness (QED) is 0.919. The van der Waals surface area contributed by atoms with Crippen LogP contribution in [-0.2, 0) is 4.79 Å². The molecule has 0 spiro atoms. The van der Waals surface area contributed by atoms with Crippen LogP contribution >= 0.6 is 23.2 Å². The van der Waals surface area contributed by atoms with Gasteiger partial charge in [0.15, 0.2) is 0 Å². The predicted molar refractivity (Wildman–Crippen MR) is 80.2 cm³/mol. The van der Waals surface area contributed by atoms with Gasteiger partial charge in [0.1, 0.15) is 0 Å². The first kappa shape index (κ1) is 15.5. The molecule has 0 bridgehead atoms. The molecule has 2 rings (SSSR count). The molecule has 1 aromatic carbocycles. The number of rotatable bonds is 4. The summed E-state index contributed by atoms with van der Waals surface area (Å²) in [4.78, 5) is 14.0. The molecule has 1 N–H and O–H groups in total. The van der Waals surface area contributed by atoms with Gasteiger partial charge in [-0.3, -0.25) is 14.1 Å². The Bertz CT molecular complexity index is 476. The standard InChI is InChI=1S/C14H17Cl2FN2O/c15-12-2-1-11(7-13(12)16)18-14(20)9-19-5-3-10(8-17)4-6-19/h1-2,7,10H,3-6,8-9H2,(H,18,20). The molecule has 1 aromatic rings. The summed E-state index contributed by atoms with van der Waals surface area (Å²) in [6.45, 7) is 1.59. The van der Waals surface area contributed by atoms with E-state index in [9.17, 15) is 9.18 Å². The monoisotopic (exact) mass is 318 g/mol. The lowest BCUT2D eigenvalue weighted by Crippen LogP contribution is -2.39. The van der Waals surface area contributed by atoms with Crippen LogP contribution in [0.2, 0.25) is 10.0 Å².